The molecule has 0 fully saturated rings. The van der Waals surface area contributed by atoms with Gasteiger partial charge in [0.25, 0.3) is 0 Å². The maximum atomic E-state index is 12.0. The molecule has 0 unspecified atom stereocenters. The van der Waals surface area contributed by atoms with E-state index in [0.29, 0.717) is 11.6 Å². The molecule has 3 heterocycles. The molecule has 0 spiro atoms. The number of methoxy groups -OCH3 is 1. The largest absolute Gasteiger partial charge is 0.497 e. The first-order chi connectivity index (χ1) is 12.2. The Kier molecular flexibility index (Phi) is 3.96. The fraction of sp³-hybridized carbons (Fsp3) is 0.235. The topological polar surface area (TPSA) is 95.7 Å². The summed E-state index contributed by atoms with van der Waals surface area (Å²) in [7, 11) is 1.64. The normalized spacial score (nSPS) is 16.9. The maximum absolute atomic E-state index is 12.0. The number of hydrogen-bond acceptors (Lipinski definition) is 5. The van der Waals surface area contributed by atoms with Crippen LogP contribution in [0.25, 0.3) is 11.3 Å². The lowest BCUT2D eigenvalue weighted by atomic mass is 10.0. The van der Waals surface area contributed by atoms with E-state index in [0.717, 1.165) is 33.8 Å². The minimum absolute atomic E-state index is 0.0384. The molecule has 1 aliphatic heterocycles. The second kappa shape index (κ2) is 6.29. The Bertz CT molecular complexity index is 916. The van der Waals surface area contributed by atoms with Gasteiger partial charge in [0, 0.05) is 22.4 Å². The maximum Gasteiger partial charge on any atom is 0.235 e. The highest BCUT2D eigenvalue weighted by atomic mass is 32.2. The summed E-state index contributed by atoms with van der Waals surface area (Å²) >= 11 is 1.57. The number of carbonyl (C=O) groups is 1. The number of anilines is 1. The third-order valence-electron chi connectivity index (χ3n) is 4.23. The standard InChI is InChI=1S/C17H17N5O2S/c1-9-14-16(25-8-13(23)19-17(14)22-20-9)12-7-18-21-15(12)10-3-5-11(24-2)6-4-10/h3-7,16H,8H2,1-2H3,(H,18,21)(H2,19,20,22,23)/t16-/m1/s1. The Morgan fingerprint density at radius 2 is 2.04 bits per heavy atom. The van der Waals surface area contributed by atoms with Gasteiger partial charge in [0.2, 0.25) is 5.91 Å². The van der Waals surface area contributed by atoms with Crippen LogP contribution in [0.5, 0.6) is 5.75 Å². The Morgan fingerprint density at radius 1 is 1.24 bits per heavy atom. The first kappa shape index (κ1) is 15.8. The van der Waals surface area contributed by atoms with Crippen molar-refractivity contribution >= 4 is 23.5 Å². The highest BCUT2D eigenvalue weighted by Crippen LogP contribution is 2.44. The molecule has 0 bridgehead atoms. The van der Waals surface area contributed by atoms with E-state index in [9.17, 15) is 4.79 Å². The smallest absolute Gasteiger partial charge is 0.235 e. The fourth-order valence-electron chi connectivity index (χ4n) is 2.99. The number of aryl methyl sites for hydroxylation is 1. The highest BCUT2D eigenvalue weighted by Gasteiger charge is 2.30. The van der Waals surface area contributed by atoms with Gasteiger partial charge in [-0.25, -0.2) is 0 Å². The van der Waals surface area contributed by atoms with Crippen LogP contribution >= 0.6 is 11.8 Å². The molecule has 8 heteroatoms. The summed E-state index contributed by atoms with van der Waals surface area (Å²) in [5.74, 6) is 1.72. The quantitative estimate of drug-likeness (QED) is 0.671. The van der Waals surface area contributed by atoms with Crippen LogP contribution in [0.3, 0.4) is 0 Å². The summed E-state index contributed by atoms with van der Waals surface area (Å²) in [6, 6.07) is 7.81. The number of amides is 1. The van der Waals surface area contributed by atoms with Crippen LogP contribution in [0, 0.1) is 6.92 Å². The van der Waals surface area contributed by atoms with Crippen molar-refractivity contribution in [3.8, 4) is 17.0 Å². The molecule has 1 amide bonds. The van der Waals surface area contributed by atoms with Crippen molar-refractivity contribution in [2.45, 2.75) is 12.2 Å². The Hall–Kier alpha value is -2.74. The van der Waals surface area contributed by atoms with Crippen molar-refractivity contribution in [3.05, 3.63) is 47.3 Å². The van der Waals surface area contributed by atoms with E-state index in [2.05, 4.69) is 25.7 Å². The van der Waals surface area contributed by atoms with Gasteiger partial charge < -0.3 is 10.1 Å². The molecule has 0 saturated carbocycles. The lowest BCUT2D eigenvalue weighted by Gasteiger charge is -2.15. The van der Waals surface area contributed by atoms with Gasteiger partial charge >= 0.3 is 0 Å². The van der Waals surface area contributed by atoms with Crippen LogP contribution in [0.4, 0.5) is 5.82 Å². The zero-order valence-corrected chi connectivity index (χ0v) is 14.6. The zero-order chi connectivity index (χ0) is 17.4. The Balaban J connectivity index is 1.79. The van der Waals surface area contributed by atoms with Gasteiger partial charge in [-0.3, -0.25) is 15.0 Å². The van der Waals surface area contributed by atoms with Gasteiger partial charge in [-0.05, 0) is 31.2 Å². The average Bonchev–Trinajstić information content (AvgIpc) is 3.20. The predicted octanol–water partition coefficient (Wildman–Crippen LogP) is 2.89. The summed E-state index contributed by atoms with van der Waals surface area (Å²) in [4.78, 5) is 12.0. The molecule has 0 saturated heterocycles. The van der Waals surface area contributed by atoms with E-state index in [1.165, 1.54) is 0 Å². The number of aromatic amines is 2. The lowest BCUT2D eigenvalue weighted by molar-refractivity contribution is -0.113. The minimum atomic E-state index is -0.0465. The number of fused-ring (bicyclic) bond motifs is 1. The van der Waals surface area contributed by atoms with Crippen molar-refractivity contribution in [1.82, 2.24) is 20.4 Å². The van der Waals surface area contributed by atoms with Crippen molar-refractivity contribution in [1.29, 1.82) is 0 Å². The number of hydrogen-bond donors (Lipinski definition) is 3. The number of H-pyrrole nitrogens is 2. The first-order valence-electron chi connectivity index (χ1n) is 7.81. The van der Waals surface area contributed by atoms with E-state index in [4.69, 9.17) is 4.74 Å². The zero-order valence-electron chi connectivity index (χ0n) is 13.8. The van der Waals surface area contributed by atoms with Gasteiger partial charge in [-0.15, -0.1) is 11.8 Å². The third-order valence-corrected chi connectivity index (χ3v) is 5.48. The fourth-order valence-corrected chi connectivity index (χ4v) is 4.20. The number of benzene rings is 1. The summed E-state index contributed by atoms with van der Waals surface area (Å²) < 4.78 is 5.23. The number of nitrogens with zero attached hydrogens (tertiary/aromatic N) is 2. The SMILES string of the molecule is COc1ccc(-c2[nH]ncc2[C@H]2SCC(=O)Nc3n[nH]c(C)c32)cc1. The molecular formula is C17H17N5O2S. The second-order valence-corrected chi connectivity index (χ2v) is 6.87. The van der Waals surface area contributed by atoms with Crippen molar-refractivity contribution in [2.24, 2.45) is 0 Å². The molecule has 0 radical (unpaired) electrons. The van der Waals surface area contributed by atoms with Crippen molar-refractivity contribution < 1.29 is 9.53 Å². The molecular weight excluding hydrogens is 338 g/mol. The number of aromatic nitrogens is 4. The van der Waals surface area contributed by atoms with Gasteiger partial charge in [0.05, 0.1) is 30.0 Å². The Morgan fingerprint density at radius 3 is 2.80 bits per heavy atom. The summed E-state index contributed by atoms with van der Waals surface area (Å²) in [5, 5.41) is 17.4. The van der Waals surface area contributed by atoms with E-state index in [1.807, 2.05) is 37.4 Å². The molecule has 3 aromatic rings. The molecule has 128 valence electrons. The van der Waals surface area contributed by atoms with Gasteiger partial charge in [0.1, 0.15) is 5.75 Å². The molecule has 3 N–H and O–H groups in total. The van der Waals surface area contributed by atoms with Crippen LogP contribution in [-0.4, -0.2) is 39.2 Å². The average molecular weight is 355 g/mol. The molecule has 1 aromatic carbocycles. The van der Waals surface area contributed by atoms with Crippen molar-refractivity contribution in [3.63, 3.8) is 0 Å². The van der Waals surface area contributed by atoms with Crippen LogP contribution in [0.1, 0.15) is 22.1 Å². The second-order valence-electron chi connectivity index (χ2n) is 5.78. The predicted molar refractivity (Wildman–Crippen MR) is 96.8 cm³/mol. The van der Waals surface area contributed by atoms with Crippen molar-refractivity contribution in [2.75, 3.05) is 18.2 Å². The van der Waals surface area contributed by atoms with E-state index >= 15 is 0 Å². The van der Waals surface area contributed by atoms with E-state index in [-0.39, 0.29) is 11.2 Å². The Labute approximate surface area is 148 Å². The minimum Gasteiger partial charge on any atom is -0.497 e. The van der Waals surface area contributed by atoms with E-state index in [1.54, 1.807) is 18.9 Å². The first-order valence-corrected chi connectivity index (χ1v) is 8.86. The summed E-state index contributed by atoms with van der Waals surface area (Å²) in [6.45, 7) is 1.96. The number of thioether (sulfide) groups is 1. The molecule has 1 atom stereocenters. The highest BCUT2D eigenvalue weighted by molar-refractivity contribution is 8.00. The number of nitrogens with one attached hydrogen (secondary N) is 3. The molecule has 0 aliphatic carbocycles. The molecule has 1 aliphatic rings. The lowest BCUT2D eigenvalue weighted by Crippen LogP contribution is -2.12. The molecule has 7 nitrogen and oxygen atoms in total. The monoisotopic (exact) mass is 355 g/mol. The number of carbonyl (C=O) groups excluding carboxylic acids is 1. The van der Waals surface area contributed by atoms with Crippen LogP contribution in [0.15, 0.2) is 30.5 Å². The summed E-state index contributed by atoms with van der Waals surface area (Å²) in [6.07, 6.45) is 1.82. The summed E-state index contributed by atoms with van der Waals surface area (Å²) in [5.41, 5.74) is 4.90. The van der Waals surface area contributed by atoms with Gasteiger partial charge in [-0.1, -0.05) is 0 Å². The number of rotatable bonds is 3. The van der Waals surface area contributed by atoms with Gasteiger partial charge in [-0.2, -0.15) is 10.2 Å². The van der Waals surface area contributed by atoms with Crippen LogP contribution in [0.2, 0.25) is 0 Å². The molecule has 4 rings (SSSR count). The van der Waals surface area contributed by atoms with Crippen LogP contribution < -0.4 is 10.1 Å². The van der Waals surface area contributed by atoms with Crippen LogP contribution in [-0.2, 0) is 4.79 Å². The third kappa shape index (κ3) is 2.78. The number of ether oxygens (including phenoxy) is 1. The molecule has 2 aromatic heterocycles. The molecule has 25 heavy (non-hydrogen) atoms. The van der Waals surface area contributed by atoms with E-state index < -0.39 is 0 Å². The van der Waals surface area contributed by atoms with Gasteiger partial charge in [0.15, 0.2) is 5.82 Å².